The van der Waals surface area contributed by atoms with Gasteiger partial charge < -0.3 is 11.1 Å². The number of rotatable bonds is 6. The highest BCUT2D eigenvalue weighted by Gasteiger charge is 2.22. The van der Waals surface area contributed by atoms with Crippen LogP contribution < -0.4 is 15.8 Å². The van der Waals surface area contributed by atoms with Crippen LogP contribution in [0.1, 0.15) is 19.3 Å². The van der Waals surface area contributed by atoms with Gasteiger partial charge in [-0.2, -0.15) is 0 Å². The fourth-order valence-corrected chi connectivity index (χ4v) is 5.84. The van der Waals surface area contributed by atoms with E-state index in [1.807, 2.05) is 18.2 Å². The second kappa shape index (κ2) is 9.41. The first kappa shape index (κ1) is 23.5. The van der Waals surface area contributed by atoms with Gasteiger partial charge in [0.2, 0.25) is 5.95 Å². The molecule has 1 fully saturated rings. The van der Waals surface area contributed by atoms with Gasteiger partial charge in [-0.1, -0.05) is 35.9 Å². The molecule has 0 spiro atoms. The topological polar surface area (TPSA) is 110 Å². The van der Waals surface area contributed by atoms with E-state index in [2.05, 4.69) is 20.0 Å². The maximum atomic E-state index is 14.9. The molecule has 0 aliphatic heterocycles. The summed E-state index contributed by atoms with van der Waals surface area (Å²) < 4.78 is 42.4. The number of hydrogen-bond acceptors (Lipinski definition) is 6. The van der Waals surface area contributed by atoms with Crippen molar-refractivity contribution in [3.05, 3.63) is 77.7 Å². The molecule has 35 heavy (non-hydrogen) atoms. The van der Waals surface area contributed by atoms with E-state index in [0.717, 1.165) is 35.7 Å². The van der Waals surface area contributed by atoms with Crippen LogP contribution in [0.4, 0.5) is 16.0 Å². The van der Waals surface area contributed by atoms with E-state index >= 15 is 0 Å². The molecule has 1 aromatic heterocycles. The van der Waals surface area contributed by atoms with Gasteiger partial charge in [-0.15, -0.1) is 0 Å². The third kappa shape index (κ3) is 5.07. The minimum atomic E-state index is -4.04. The van der Waals surface area contributed by atoms with Gasteiger partial charge in [0.05, 0.1) is 16.2 Å². The predicted octanol–water partition coefficient (Wildman–Crippen LogP) is 5.18. The Morgan fingerprint density at radius 2 is 1.80 bits per heavy atom. The standard InChI is InChI=1S/C25H23ClFN5O2S/c26-20-3-1-2-4-24(20)35(33,34)32-23-10-6-16(12-21(23)27)15-5-9-22-17(11-15)14-29-25(31-22)30-19-8-7-18(28)13-19/h1-6,9-12,14,18-19,32H,7-8,13,28H2,(H,29,30,31)/t18-,19?/m0/s1. The van der Waals surface area contributed by atoms with Gasteiger partial charge >= 0.3 is 0 Å². The van der Waals surface area contributed by atoms with Crippen molar-refractivity contribution in [3.8, 4) is 11.1 Å². The van der Waals surface area contributed by atoms with Gasteiger partial charge in [-0.05, 0) is 66.8 Å². The minimum absolute atomic E-state index is 0.0561. The lowest BCUT2D eigenvalue weighted by molar-refractivity contribution is 0.598. The quantitative estimate of drug-likeness (QED) is 0.329. The van der Waals surface area contributed by atoms with Crippen LogP contribution in [0.3, 0.4) is 0 Å². The monoisotopic (exact) mass is 511 g/mol. The maximum absolute atomic E-state index is 14.9. The van der Waals surface area contributed by atoms with Crippen molar-refractivity contribution in [2.24, 2.45) is 5.73 Å². The molecule has 5 rings (SSSR count). The van der Waals surface area contributed by atoms with Crippen molar-refractivity contribution in [1.29, 1.82) is 0 Å². The summed E-state index contributed by atoms with van der Waals surface area (Å²) >= 11 is 5.99. The van der Waals surface area contributed by atoms with E-state index in [0.29, 0.717) is 11.5 Å². The molecule has 4 N–H and O–H groups in total. The van der Waals surface area contributed by atoms with Gasteiger partial charge in [0.1, 0.15) is 10.7 Å². The minimum Gasteiger partial charge on any atom is -0.351 e. The van der Waals surface area contributed by atoms with Crippen molar-refractivity contribution in [2.45, 2.75) is 36.2 Å². The molecule has 7 nitrogen and oxygen atoms in total. The van der Waals surface area contributed by atoms with Crippen LogP contribution in [-0.2, 0) is 10.0 Å². The second-order valence-electron chi connectivity index (χ2n) is 8.61. The van der Waals surface area contributed by atoms with Gasteiger partial charge in [-0.25, -0.2) is 22.8 Å². The summed E-state index contributed by atoms with van der Waals surface area (Å²) in [5.41, 5.74) is 7.92. The molecular weight excluding hydrogens is 489 g/mol. The summed E-state index contributed by atoms with van der Waals surface area (Å²) in [7, 11) is -4.04. The Balaban J connectivity index is 1.36. The SMILES string of the molecule is N[C@H]1CCC(Nc2ncc3cc(-c4ccc(NS(=O)(=O)c5ccccc5Cl)c(F)c4)ccc3n2)C1. The zero-order chi connectivity index (χ0) is 24.6. The third-order valence-corrected chi connectivity index (χ3v) is 7.92. The molecule has 3 aromatic carbocycles. The fraction of sp³-hybridized carbons (Fsp3) is 0.200. The summed E-state index contributed by atoms with van der Waals surface area (Å²) in [6.07, 6.45) is 4.62. The maximum Gasteiger partial charge on any atom is 0.263 e. The predicted molar refractivity (Wildman–Crippen MR) is 136 cm³/mol. The van der Waals surface area contributed by atoms with E-state index in [1.165, 1.54) is 24.3 Å². The zero-order valence-electron chi connectivity index (χ0n) is 18.6. The highest BCUT2D eigenvalue weighted by Crippen LogP contribution is 2.30. The van der Waals surface area contributed by atoms with Crippen molar-refractivity contribution in [1.82, 2.24) is 9.97 Å². The van der Waals surface area contributed by atoms with Crippen molar-refractivity contribution in [3.63, 3.8) is 0 Å². The number of aromatic nitrogens is 2. The average Bonchev–Trinajstić information content (AvgIpc) is 3.24. The first-order valence-electron chi connectivity index (χ1n) is 11.1. The molecule has 1 aliphatic rings. The number of nitrogens with two attached hydrogens (primary N) is 1. The lowest BCUT2D eigenvalue weighted by Crippen LogP contribution is -2.21. The Bertz CT molecular complexity index is 1520. The normalized spacial score (nSPS) is 18.0. The van der Waals surface area contributed by atoms with E-state index in [4.69, 9.17) is 17.3 Å². The lowest BCUT2D eigenvalue weighted by atomic mass is 10.0. The smallest absolute Gasteiger partial charge is 0.263 e. The molecule has 0 saturated heterocycles. The first-order chi connectivity index (χ1) is 16.8. The molecule has 0 bridgehead atoms. The zero-order valence-corrected chi connectivity index (χ0v) is 20.2. The molecule has 4 aromatic rings. The van der Waals surface area contributed by atoms with Crippen LogP contribution in [0, 0.1) is 5.82 Å². The summed E-state index contributed by atoms with van der Waals surface area (Å²) in [6, 6.07) is 16.4. The van der Waals surface area contributed by atoms with E-state index in [1.54, 1.807) is 24.4 Å². The van der Waals surface area contributed by atoms with Gasteiger partial charge in [0, 0.05) is 23.7 Å². The van der Waals surface area contributed by atoms with Gasteiger partial charge in [-0.3, -0.25) is 4.72 Å². The Morgan fingerprint density at radius 3 is 2.54 bits per heavy atom. The highest BCUT2D eigenvalue weighted by atomic mass is 35.5. The van der Waals surface area contributed by atoms with E-state index in [9.17, 15) is 12.8 Å². The Morgan fingerprint density at radius 1 is 1.03 bits per heavy atom. The Labute approximate surface area is 207 Å². The number of anilines is 2. The molecule has 180 valence electrons. The molecular formula is C25H23ClFN5O2S. The summed E-state index contributed by atoms with van der Waals surface area (Å²) in [4.78, 5) is 8.87. The molecule has 2 atom stereocenters. The Kier molecular flexibility index (Phi) is 6.31. The second-order valence-corrected chi connectivity index (χ2v) is 10.7. The van der Waals surface area contributed by atoms with Crippen LogP contribution in [0.15, 0.2) is 71.8 Å². The lowest BCUT2D eigenvalue weighted by Gasteiger charge is -2.13. The first-order valence-corrected chi connectivity index (χ1v) is 13.0. The summed E-state index contributed by atoms with van der Waals surface area (Å²) in [5, 5.41) is 4.20. The number of halogens is 2. The number of benzene rings is 3. The highest BCUT2D eigenvalue weighted by molar-refractivity contribution is 7.92. The fourth-order valence-electron chi connectivity index (χ4n) is 4.25. The number of nitrogens with one attached hydrogen (secondary N) is 2. The average molecular weight is 512 g/mol. The van der Waals surface area contributed by atoms with Crippen LogP contribution >= 0.6 is 11.6 Å². The van der Waals surface area contributed by atoms with Crippen LogP contribution in [0.5, 0.6) is 0 Å². The van der Waals surface area contributed by atoms with E-state index < -0.39 is 15.8 Å². The molecule has 1 unspecified atom stereocenters. The van der Waals surface area contributed by atoms with Gasteiger partial charge in [0.15, 0.2) is 0 Å². The largest absolute Gasteiger partial charge is 0.351 e. The number of fused-ring (bicyclic) bond motifs is 1. The molecule has 0 radical (unpaired) electrons. The van der Waals surface area contributed by atoms with Crippen LogP contribution in [0.2, 0.25) is 5.02 Å². The van der Waals surface area contributed by atoms with Crippen LogP contribution in [-0.4, -0.2) is 30.5 Å². The summed E-state index contributed by atoms with van der Waals surface area (Å²) in [6.45, 7) is 0. The number of hydrogen-bond donors (Lipinski definition) is 3. The van der Waals surface area contributed by atoms with Crippen molar-refractivity contribution >= 4 is 44.2 Å². The van der Waals surface area contributed by atoms with Crippen molar-refractivity contribution < 1.29 is 12.8 Å². The third-order valence-electron chi connectivity index (χ3n) is 6.06. The molecule has 10 heteroatoms. The van der Waals surface area contributed by atoms with Gasteiger partial charge in [0.25, 0.3) is 10.0 Å². The molecule has 1 aliphatic carbocycles. The van der Waals surface area contributed by atoms with Crippen LogP contribution in [0.25, 0.3) is 22.0 Å². The van der Waals surface area contributed by atoms with E-state index in [-0.39, 0.29) is 27.7 Å². The van der Waals surface area contributed by atoms with Crippen molar-refractivity contribution in [2.75, 3.05) is 10.0 Å². The Hall–Kier alpha value is -3.27. The summed E-state index contributed by atoms with van der Waals surface area (Å²) in [5.74, 6) is -0.144. The molecule has 0 amide bonds. The molecule has 1 saturated carbocycles. The molecule has 1 heterocycles. The number of sulfonamides is 1. The number of nitrogens with zero attached hydrogens (tertiary/aromatic N) is 2.